The third-order valence-corrected chi connectivity index (χ3v) is 3.32. The van der Waals surface area contributed by atoms with Gasteiger partial charge in [0.2, 0.25) is 0 Å². The van der Waals surface area contributed by atoms with Crippen LogP contribution >= 0.6 is 27.5 Å². The van der Waals surface area contributed by atoms with E-state index in [1.165, 1.54) is 0 Å². The number of aliphatic hydroxyl groups excluding tert-OH is 1. The minimum atomic E-state index is -0.541. The van der Waals surface area contributed by atoms with Crippen molar-refractivity contribution < 1.29 is 9.84 Å². The molecule has 0 aliphatic rings. The molecule has 19 heavy (non-hydrogen) atoms. The Morgan fingerprint density at radius 2 is 2.16 bits per heavy atom. The highest BCUT2D eigenvalue weighted by molar-refractivity contribution is 9.10. The molecule has 1 aromatic carbocycles. The zero-order valence-electron chi connectivity index (χ0n) is 10.3. The Morgan fingerprint density at radius 1 is 1.37 bits per heavy atom. The lowest BCUT2D eigenvalue weighted by molar-refractivity contribution is 0.199. The maximum atomic E-state index is 9.46. The van der Waals surface area contributed by atoms with Crippen LogP contribution in [-0.2, 0) is 6.61 Å². The zero-order valence-corrected chi connectivity index (χ0v) is 12.6. The van der Waals surface area contributed by atoms with E-state index in [2.05, 4.69) is 20.9 Å². The standard InChI is InChI=1S/C14H13BrClNO2/c1-9(18)11-2-3-14(13(16)5-11)19-8-10-4-12(15)7-17-6-10/h2-7,9,18H,8H2,1H3. The average molecular weight is 343 g/mol. The molecule has 0 bridgehead atoms. The van der Waals surface area contributed by atoms with Crippen LogP contribution in [0.1, 0.15) is 24.2 Å². The molecule has 5 heteroatoms. The van der Waals surface area contributed by atoms with E-state index >= 15 is 0 Å². The summed E-state index contributed by atoms with van der Waals surface area (Å²) in [6.07, 6.45) is 2.91. The van der Waals surface area contributed by atoms with Crippen molar-refractivity contribution in [3.8, 4) is 5.75 Å². The number of nitrogens with zero attached hydrogens (tertiary/aromatic N) is 1. The predicted octanol–water partition coefficient (Wildman–Crippen LogP) is 4.13. The Hall–Kier alpha value is -1.10. The van der Waals surface area contributed by atoms with Crippen molar-refractivity contribution >= 4 is 27.5 Å². The van der Waals surface area contributed by atoms with Gasteiger partial charge < -0.3 is 9.84 Å². The van der Waals surface area contributed by atoms with Gasteiger partial charge >= 0.3 is 0 Å². The Kier molecular flexibility index (Phi) is 4.80. The van der Waals surface area contributed by atoms with Gasteiger partial charge in [0.05, 0.1) is 11.1 Å². The lowest BCUT2D eigenvalue weighted by atomic mass is 10.1. The molecule has 2 aromatic rings. The fraction of sp³-hybridized carbons (Fsp3) is 0.214. The number of ether oxygens (including phenoxy) is 1. The minimum absolute atomic E-state index is 0.389. The van der Waals surface area contributed by atoms with Crippen LogP contribution in [0.3, 0.4) is 0 Å². The van der Waals surface area contributed by atoms with Gasteiger partial charge in [-0.2, -0.15) is 0 Å². The molecule has 0 spiro atoms. The first-order chi connectivity index (χ1) is 9.06. The molecule has 3 nitrogen and oxygen atoms in total. The van der Waals surface area contributed by atoms with E-state index in [0.717, 1.165) is 15.6 Å². The molecular formula is C14H13BrClNO2. The molecule has 0 radical (unpaired) electrons. The van der Waals surface area contributed by atoms with E-state index in [1.54, 1.807) is 37.5 Å². The molecule has 1 N–H and O–H groups in total. The largest absolute Gasteiger partial charge is 0.487 e. The fourth-order valence-corrected chi connectivity index (χ4v) is 2.25. The summed E-state index contributed by atoms with van der Waals surface area (Å²) in [5.41, 5.74) is 1.71. The summed E-state index contributed by atoms with van der Waals surface area (Å²) >= 11 is 9.47. The van der Waals surface area contributed by atoms with Crippen LogP contribution in [0.2, 0.25) is 5.02 Å². The number of aliphatic hydroxyl groups is 1. The summed E-state index contributed by atoms with van der Waals surface area (Å²) in [5, 5.41) is 9.95. The molecule has 1 unspecified atom stereocenters. The van der Waals surface area contributed by atoms with Crippen LogP contribution in [0.25, 0.3) is 0 Å². The summed E-state index contributed by atoms with van der Waals surface area (Å²) in [6, 6.07) is 7.20. The smallest absolute Gasteiger partial charge is 0.138 e. The van der Waals surface area contributed by atoms with Crippen LogP contribution in [-0.4, -0.2) is 10.1 Å². The Balaban J connectivity index is 2.07. The van der Waals surface area contributed by atoms with Crippen LogP contribution in [0.5, 0.6) is 5.75 Å². The second-order valence-corrected chi connectivity index (χ2v) is 5.49. The van der Waals surface area contributed by atoms with Gasteiger partial charge in [-0.1, -0.05) is 17.7 Å². The van der Waals surface area contributed by atoms with E-state index in [9.17, 15) is 5.11 Å². The summed E-state index contributed by atoms with van der Waals surface area (Å²) in [6.45, 7) is 2.08. The molecular weight excluding hydrogens is 330 g/mol. The third kappa shape index (κ3) is 3.93. The number of rotatable bonds is 4. The number of hydrogen-bond donors (Lipinski definition) is 1. The molecule has 1 aromatic heterocycles. The van der Waals surface area contributed by atoms with Crippen molar-refractivity contribution in [3.05, 3.63) is 57.3 Å². The summed E-state index contributed by atoms with van der Waals surface area (Å²) in [5.74, 6) is 0.589. The molecule has 1 atom stereocenters. The maximum Gasteiger partial charge on any atom is 0.138 e. The van der Waals surface area contributed by atoms with Crippen LogP contribution in [0.15, 0.2) is 41.1 Å². The van der Waals surface area contributed by atoms with Crippen LogP contribution < -0.4 is 4.74 Å². The summed E-state index contributed by atoms with van der Waals surface area (Å²) < 4.78 is 6.54. The Labute approximate surface area is 125 Å². The lowest BCUT2D eigenvalue weighted by Gasteiger charge is -2.11. The fourth-order valence-electron chi connectivity index (χ4n) is 1.59. The highest BCUT2D eigenvalue weighted by Crippen LogP contribution is 2.28. The molecule has 0 saturated carbocycles. The van der Waals surface area contributed by atoms with Gasteiger partial charge in [-0.25, -0.2) is 0 Å². The van der Waals surface area contributed by atoms with Gasteiger partial charge in [0.15, 0.2) is 0 Å². The van der Waals surface area contributed by atoms with Gasteiger partial charge in [-0.3, -0.25) is 4.98 Å². The maximum absolute atomic E-state index is 9.46. The van der Waals surface area contributed by atoms with Crippen molar-refractivity contribution in [3.63, 3.8) is 0 Å². The van der Waals surface area contributed by atoms with Crippen LogP contribution in [0, 0.1) is 0 Å². The van der Waals surface area contributed by atoms with Crippen molar-refractivity contribution in [2.45, 2.75) is 19.6 Å². The van der Waals surface area contributed by atoms with Gasteiger partial charge in [-0.15, -0.1) is 0 Å². The molecule has 0 aliphatic heterocycles. The molecule has 2 rings (SSSR count). The second-order valence-electron chi connectivity index (χ2n) is 4.17. The predicted molar refractivity (Wildman–Crippen MR) is 78.4 cm³/mol. The Morgan fingerprint density at radius 3 is 2.79 bits per heavy atom. The first-order valence-electron chi connectivity index (χ1n) is 5.76. The minimum Gasteiger partial charge on any atom is -0.487 e. The first kappa shape index (κ1) is 14.3. The van der Waals surface area contributed by atoms with E-state index in [4.69, 9.17) is 16.3 Å². The quantitative estimate of drug-likeness (QED) is 0.908. The van der Waals surface area contributed by atoms with E-state index < -0.39 is 6.10 Å². The van der Waals surface area contributed by atoms with Gasteiger partial charge in [0.25, 0.3) is 0 Å². The van der Waals surface area contributed by atoms with Crippen molar-refractivity contribution in [1.82, 2.24) is 4.98 Å². The van der Waals surface area contributed by atoms with Gasteiger partial charge in [0, 0.05) is 22.4 Å². The average Bonchev–Trinajstić information content (AvgIpc) is 2.37. The van der Waals surface area contributed by atoms with Crippen molar-refractivity contribution in [2.24, 2.45) is 0 Å². The highest BCUT2D eigenvalue weighted by Gasteiger charge is 2.07. The number of pyridine rings is 1. The van der Waals surface area contributed by atoms with Gasteiger partial charge in [0.1, 0.15) is 12.4 Å². The molecule has 0 amide bonds. The van der Waals surface area contributed by atoms with E-state index in [1.807, 2.05) is 6.07 Å². The number of benzene rings is 1. The topological polar surface area (TPSA) is 42.4 Å². The molecule has 0 fully saturated rings. The van der Waals surface area contributed by atoms with E-state index in [0.29, 0.717) is 17.4 Å². The zero-order chi connectivity index (χ0) is 13.8. The first-order valence-corrected chi connectivity index (χ1v) is 6.93. The molecule has 0 aliphatic carbocycles. The van der Waals surface area contributed by atoms with Crippen molar-refractivity contribution in [1.29, 1.82) is 0 Å². The molecule has 0 saturated heterocycles. The molecule has 100 valence electrons. The third-order valence-electron chi connectivity index (χ3n) is 2.59. The number of hydrogen-bond acceptors (Lipinski definition) is 3. The highest BCUT2D eigenvalue weighted by atomic mass is 79.9. The SMILES string of the molecule is CC(O)c1ccc(OCc2cncc(Br)c2)c(Cl)c1. The van der Waals surface area contributed by atoms with Crippen LogP contribution in [0.4, 0.5) is 0 Å². The van der Waals surface area contributed by atoms with Crippen molar-refractivity contribution in [2.75, 3.05) is 0 Å². The summed E-state index contributed by atoms with van der Waals surface area (Å²) in [4.78, 5) is 4.06. The summed E-state index contributed by atoms with van der Waals surface area (Å²) in [7, 11) is 0. The monoisotopic (exact) mass is 341 g/mol. The lowest BCUT2D eigenvalue weighted by Crippen LogP contribution is -1.98. The number of halogens is 2. The Bertz CT molecular complexity index is 575. The van der Waals surface area contributed by atoms with Gasteiger partial charge in [-0.05, 0) is 46.6 Å². The normalized spacial score (nSPS) is 12.2. The number of aromatic nitrogens is 1. The molecule has 1 heterocycles. The van der Waals surface area contributed by atoms with E-state index in [-0.39, 0.29) is 0 Å². The second kappa shape index (κ2) is 6.37.